The molecule has 1 amide bonds. The Bertz CT molecular complexity index is 1330. The van der Waals surface area contributed by atoms with E-state index in [0.29, 0.717) is 19.6 Å². The van der Waals surface area contributed by atoms with Crippen molar-refractivity contribution in [3.05, 3.63) is 106 Å². The fourth-order valence-corrected chi connectivity index (χ4v) is 4.58. The smallest absolute Gasteiger partial charge is 0.269 e. The molecule has 1 heterocycles. The van der Waals surface area contributed by atoms with Crippen LogP contribution in [-0.4, -0.2) is 37.9 Å². The first-order valence-corrected chi connectivity index (χ1v) is 12.2. The van der Waals surface area contributed by atoms with Gasteiger partial charge >= 0.3 is 0 Å². The van der Waals surface area contributed by atoms with Crippen molar-refractivity contribution in [3.8, 4) is 0 Å². The SMILES string of the molecule is CCC[C@@H](CN)N(Cc1cccc2ccccc12)C(=O)Cc1cncn1Cc1ccc([N+](=O)[O-])cc1. The van der Waals surface area contributed by atoms with E-state index in [-0.39, 0.29) is 24.1 Å². The van der Waals surface area contributed by atoms with E-state index in [9.17, 15) is 14.9 Å². The van der Waals surface area contributed by atoms with Gasteiger partial charge in [0.25, 0.3) is 5.69 Å². The Balaban J connectivity index is 1.56. The number of imidazole rings is 1. The van der Waals surface area contributed by atoms with E-state index >= 15 is 0 Å². The molecule has 0 aliphatic carbocycles. The molecule has 186 valence electrons. The van der Waals surface area contributed by atoms with Gasteiger partial charge in [0.2, 0.25) is 5.91 Å². The third kappa shape index (κ3) is 5.78. The number of hydrogen-bond donors (Lipinski definition) is 1. The molecule has 1 aromatic heterocycles. The Kier molecular flexibility index (Phi) is 8.07. The van der Waals surface area contributed by atoms with Crippen LogP contribution in [0.1, 0.15) is 36.6 Å². The maximum absolute atomic E-state index is 13.7. The molecule has 3 aromatic carbocycles. The summed E-state index contributed by atoms with van der Waals surface area (Å²) in [5.41, 5.74) is 8.96. The molecule has 4 rings (SSSR count). The van der Waals surface area contributed by atoms with Crippen LogP contribution in [0.3, 0.4) is 0 Å². The topological polar surface area (TPSA) is 107 Å². The van der Waals surface area contributed by atoms with Crippen molar-refractivity contribution < 1.29 is 9.72 Å². The van der Waals surface area contributed by atoms with Gasteiger partial charge in [0.05, 0.1) is 17.7 Å². The Morgan fingerprint density at radius 3 is 2.58 bits per heavy atom. The largest absolute Gasteiger partial charge is 0.334 e. The van der Waals surface area contributed by atoms with E-state index in [2.05, 4.69) is 36.2 Å². The van der Waals surface area contributed by atoms with Gasteiger partial charge in [-0.15, -0.1) is 0 Å². The number of nitro benzene ring substituents is 1. The standard InChI is InChI=1S/C28H31N5O3/c1-2-6-25(16-29)32(19-23-9-5-8-22-7-3-4-10-27(22)23)28(34)15-26-17-30-20-31(26)18-21-11-13-24(14-12-21)33(35)36/h3-5,7-14,17,20,25H,2,6,15-16,18-19,29H2,1H3/t25-/m0/s1. The van der Waals surface area contributed by atoms with Gasteiger partial charge in [-0.25, -0.2) is 4.98 Å². The summed E-state index contributed by atoms with van der Waals surface area (Å²) in [5.74, 6) is -0.00252. The van der Waals surface area contributed by atoms with Crippen LogP contribution >= 0.6 is 0 Å². The number of hydrogen-bond acceptors (Lipinski definition) is 5. The minimum absolute atomic E-state index is 0.00252. The van der Waals surface area contributed by atoms with Gasteiger partial charge in [-0.2, -0.15) is 0 Å². The number of aromatic nitrogens is 2. The predicted octanol–water partition coefficient (Wildman–Crippen LogP) is 4.69. The van der Waals surface area contributed by atoms with Gasteiger partial charge in [0, 0.05) is 49.7 Å². The Morgan fingerprint density at radius 1 is 1.11 bits per heavy atom. The van der Waals surface area contributed by atoms with Crippen LogP contribution in [0.2, 0.25) is 0 Å². The second-order valence-corrected chi connectivity index (χ2v) is 8.95. The number of nitrogens with two attached hydrogens (primary N) is 1. The first-order chi connectivity index (χ1) is 17.5. The molecular weight excluding hydrogens is 454 g/mol. The third-order valence-corrected chi connectivity index (χ3v) is 6.51. The average molecular weight is 486 g/mol. The van der Waals surface area contributed by atoms with Crippen LogP contribution in [0.25, 0.3) is 10.8 Å². The maximum atomic E-state index is 13.7. The fraction of sp³-hybridized carbons (Fsp3) is 0.286. The highest BCUT2D eigenvalue weighted by Gasteiger charge is 2.24. The summed E-state index contributed by atoms with van der Waals surface area (Å²) in [6.45, 7) is 3.45. The number of carbonyl (C=O) groups is 1. The van der Waals surface area contributed by atoms with Crippen molar-refractivity contribution in [1.29, 1.82) is 0 Å². The highest BCUT2D eigenvalue weighted by molar-refractivity contribution is 5.86. The molecule has 0 bridgehead atoms. The summed E-state index contributed by atoms with van der Waals surface area (Å²) in [7, 11) is 0. The second kappa shape index (κ2) is 11.6. The molecule has 2 N–H and O–H groups in total. The van der Waals surface area contributed by atoms with Crippen molar-refractivity contribution >= 4 is 22.4 Å². The summed E-state index contributed by atoms with van der Waals surface area (Å²) in [4.78, 5) is 30.4. The van der Waals surface area contributed by atoms with Crippen LogP contribution in [0, 0.1) is 10.1 Å². The van der Waals surface area contributed by atoms with Gasteiger partial charge in [-0.05, 0) is 28.3 Å². The molecule has 0 unspecified atom stereocenters. The van der Waals surface area contributed by atoms with Crippen molar-refractivity contribution in [1.82, 2.24) is 14.5 Å². The molecule has 36 heavy (non-hydrogen) atoms. The number of benzene rings is 3. The number of nitro groups is 1. The van der Waals surface area contributed by atoms with Gasteiger partial charge in [0.1, 0.15) is 0 Å². The lowest BCUT2D eigenvalue weighted by Crippen LogP contribution is -2.45. The highest BCUT2D eigenvalue weighted by Crippen LogP contribution is 2.23. The summed E-state index contributed by atoms with van der Waals surface area (Å²) < 4.78 is 1.91. The number of rotatable bonds is 11. The van der Waals surface area contributed by atoms with Crippen LogP contribution in [0.4, 0.5) is 5.69 Å². The number of nitrogens with zero attached hydrogens (tertiary/aromatic N) is 4. The molecule has 0 spiro atoms. The van der Waals surface area contributed by atoms with E-state index in [1.54, 1.807) is 24.7 Å². The lowest BCUT2D eigenvalue weighted by Gasteiger charge is -2.32. The molecule has 0 saturated carbocycles. The van der Waals surface area contributed by atoms with Crippen molar-refractivity contribution in [2.45, 2.75) is 45.3 Å². The van der Waals surface area contributed by atoms with E-state index in [4.69, 9.17) is 5.73 Å². The lowest BCUT2D eigenvalue weighted by atomic mass is 10.0. The number of amides is 1. The molecule has 0 radical (unpaired) electrons. The second-order valence-electron chi connectivity index (χ2n) is 8.95. The zero-order chi connectivity index (χ0) is 25.5. The van der Waals surface area contributed by atoms with E-state index in [1.165, 1.54) is 12.1 Å². The van der Waals surface area contributed by atoms with Crippen LogP contribution in [0.15, 0.2) is 79.3 Å². The summed E-state index contributed by atoms with van der Waals surface area (Å²) in [6.07, 6.45) is 5.34. The molecule has 4 aromatic rings. The average Bonchev–Trinajstić information content (AvgIpc) is 3.32. The predicted molar refractivity (Wildman–Crippen MR) is 140 cm³/mol. The molecule has 0 aliphatic heterocycles. The monoisotopic (exact) mass is 485 g/mol. The van der Waals surface area contributed by atoms with Gasteiger partial charge in [0.15, 0.2) is 0 Å². The molecule has 1 atom stereocenters. The van der Waals surface area contributed by atoms with E-state index < -0.39 is 4.92 Å². The molecular formula is C28H31N5O3. The quantitative estimate of drug-likeness (QED) is 0.245. The maximum Gasteiger partial charge on any atom is 0.269 e. The number of carbonyl (C=O) groups excluding carboxylic acids is 1. The minimum Gasteiger partial charge on any atom is -0.334 e. The molecule has 0 aliphatic rings. The first kappa shape index (κ1) is 25.1. The Morgan fingerprint density at radius 2 is 1.86 bits per heavy atom. The Hall–Kier alpha value is -4.04. The Labute approximate surface area is 210 Å². The van der Waals surface area contributed by atoms with Gasteiger partial charge in [-0.1, -0.05) is 67.9 Å². The first-order valence-electron chi connectivity index (χ1n) is 12.2. The van der Waals surface area contributed by atoms with Crippen LogP contribution < -0.4 is 5.73 Å². The number of non-ortho nitro benzene ring substituents is 1. The zero-order valence-corrected chi connectivity index (χ0v) is 20.4. The lowest BCUT2D eigenvalue weighted by molar-refractivity contribution is -0.384. The minimum atomic E-state index is -0.417. The third-order valence-electron chi connectivity index (χ3n) is 6.51. The van der Waals surface area contributed by atoms with Crippen molar-refractivity contribution in [2.24, 2.45) is 5.73 Å². The van der Waals surface area contributed by atoms with Gasteiger partial charge < -0.3 is 15.2 Å². The summed E-state index contributed by atoms with van der Waals surface area (Å²) >= 11 is 0. The normalized spacial score (nSPS) is 11.9. The van der Waals surface area contributed by atoms with E-state index in [0.717, 1.165) is 40.4 Å². The molecule has 0 saturated heterocycles. The zero-order valence-electron chi connectivity index (χ0n) is 20.4. The van der Waals surface area contributed by atoms with E-state index in [1.807, 2.05) is 27.7 Å². The van der Waals surface area contributed by atoms with Crippen LogP contribution in [-0.2, 0) is 24.3 Å². The van der Waals surface area contributed by atoms with Gasteiger partial charge in [-0.3, -0.25) is 14.9 Å². The number of fused-ring (bicyclic) bond motifs is 1. The summed E-state index contributed by atoms with van der Waals surface area (Å²) in [6, 6.07) is 20.7. The highest BCUT2D eigenvalue weighted by atomic mass is 16.6. The van der Waals surface area contributed by atoms with Crippen molar-refractivity contribution in [2.75, 3.05) is 6.54 Å². The molecule has 0 fully saturated rings. The van der Waals surface area contributed by atoms with Crippen molar-refractivity contribution in [3.63, 3.8) is 0 Å². The molecule has 8 heteroatoms. The fourth-order valence-electron chi connectivity index (χ4n) is 4.58. The van der Waals surface area contributed by atoms with Crippen LogP contribution in [0.5, 0.6) is 0 Å². The molecule has 8 nitrogen and oxygen atoms in total. The summed E-state index contributed by atoms with van der Waals surface area (Å²) in [5, 5.41) is 13.2.